The predicted octanol–water partition coefficient (Wildman–Crippen LogP) is 5.21. The number of rotatable bonds is 12. The summed E-state index contributed by atoms with van der Waals surface area (Å²) in [6.07, 6.45) is 6.39. The summed E-state index contributed by atoms with van der Waals surface area (Å²) in [5, 5.41) is 18.5. The lowest BCUT2D eigenvalue weighted by molar-refractivity contribution is -0.144. The number of hydrogen-bond acceptors (Lipinski definition) is 2. The molecule has 0 spiro atoms. The molecule has 136 valence electrons. The Bertz CT molecular complexity index is 357. The van der Waals surface area contributed by atoms with Gasteiger partial charge in [-0.3, -0.25) is 9.59 Å². The van der Waals surface area contributed by atoms with E-state index in [9.17, 15) is 14.7 Å². The predicted molar refractivity (Wildman–Crippen MR) is 93.5 cm³/mol. The van der Waals surface area contributed by atoms with Crippen LogP contribution in [0.15, 0.2) is 0 Å². The van der Waals surface area contributed by atoms with Crippen LogP contribution < -0.4 is 0 Å². The number of aliphatic carboxylic acids is 2. The number of unbranched alkanes of at least 4 members (excludes halogenated alkanes) is 1. The first-order chi connectivity index (χ1) is 10.6. The number of hydrogen-bond donors (Lipinski definition) is 2. The lowest BCUT2D eigenvalue weighted by Gasteiger charge is -2.28. The van der Waals surface area contributed by atoms with Crippen molar-refractivity contribution in [2.24, 2.45) is 23.2 Å². The van der Waals surface area contributed by atoms with Crippen LogP contribution in [-0.4, -0.2) is 22.2 Å². The highest BCUT2D eigenvalue weighted by Gasteiger charge is 2.28. The minimum absolute atomic E-state index is 0.125. The third-order valence-corrected chi connectivity index (χ3v) is 4.50. The fraction of sp³-hybridized carbons (Fsp3) is 0.895. The molecule has 0 aromatic carbocycles. The molecule has 0 aromatic rings. The first-order valence-corrected chi connectivity index (χ1v) is 9.01. The standard InChI is InChI=1S/C19H36O4/c1-6-7-9-15(12-17(20)21)10-8-11-16(18(22)23)14(2)13-19(3,4)5/h14-16H,6-13H2,1-5H3,(H,20,21)(H,22,23). The minimum atomic E-state index is -0.748. The Morgan fingerprint density at radius 1 is 1.00 bits per heavy atom. The highest BCUT2D eigenvalue weighted by Crippen LogP contribution is 2.32. The van der Waals surface area contributed by atoms with Gasteiger partial charge in [0.2, 0.25) is 0 Å². The van der Waals surface area contributed by atoms with Crippen molar-refractivity contribution in [3.8, 4) is 0 Å². The zero-order valence-electron chi connectivity index (χ0n) is 15.6. The van der Waals surface area contributed by atoms with Gasteiger partial charge in [0.1, 0.15) is 0 Å². The molecule has 0 saturated carbocycles. The second kappa shape index (κ2) is 10.7. The Balaban J connectivity index is 4.48. The summed E-state index contributed by atoms with van der Waals surface area (Å²) < 4.78 is 0. The van der Waals surface area contributed by atoms with Gasteiger partial charge in [0.25, 0.3) is 0 Å². The molecule has 0 radical (unpaired) electrons. The molecule has 0 saturated heterocycles. The maximum Gasteiger partial charge on any atom is 0.306 e. The molecule has 0 fully saturated rings. The van der Waals surface area contributed by atoms with Gasteiger partial charge in [-0.05, 0) is 42.9 Å². The SMILES string of the molecule is CCCCC(CCCC(C(=O)O)C(C)CC(C)(C)C)CC(=O)O. The van der Waals surface area contributed by atoms with E-state index in [0.717, 1.165) is 38.5 Å². The molecule has 2 N–H and O–H groups in total. The van der Waals surface area contributed by atoms with Crippen LogP contribution in [-0.2, 0) is 9.59 Å². The molecule has 4 heteroatoms. The Kier molecular flexibility index (Phi) is 10.2. The average molecular weight is 328 g/mol. The van der Waals surface area contributed by atoms with Gasteiger partial charge in [-0.1, -0.05) is 53.9 Å². The molecule has 0 rings (SSSR count). The lowest BCUT2D eigenvalue weighted by atomic mass is 9.77. The van der Waals surface area contributed by atoms with Gasteiger partial charge in [-0.25, -0.2) is 0 Å². The van der Waals surface area contributed by atoms with Crippen LogP contribution in [0.4, 0.5) is 0 Å². The van der Waals surface area contributed by atoms with E-state index in [1.807, 2.05) is 6.92 Å². The van der Waals surface area contributed by atoms with Crippen molar-refractivity contribution in [2.45, 2.75) is 86.0 Å². The van der Waals surface area contributed by atoms with E-state index in [4.69, 9.17) is 5.11 Å². The topological polar surface area (TPSA) is 74.6 Å². The van der Waals surface area contributed by atoms with Crippen LogP contribution in [0.2, 0.25) is 0 Å². The van der Waals surface area contributed by atoms with Gasteiger partial charge >= 0.3 is 11.9 Å². The Morgan fingerprint density at radius 3 is 2.00 bits per heavy atom. The Morgan fingerprint density at radius 2 is 1.57 bits per heavy atom. The molecule has 0 heterocycles. The molecule has 0 amide bonds. The molecule has 0 aliphatic heterocycles. The first-order valence-electron chi connectivity index (χ1n) is 9.01. The van der Waals surface area contributed by atoms with Gasteiger partial charge < -0.3 is 10.2 Å². The number of carbonyl (C=O) groups is 2. The van der Waals surface area contributed by atoms with Crippen molar-refractivity contribution in [2.75, 3.05) is 0 Å². The van der Waals surface area contributed by atoms with Crippen molar-refractivity contribution < 1.29 is 19.8 Å². The van der Waals surface area contributed by atoms with Crippen molar-refractivity contribution in [3.63, 3.8) is 0 Å². The highest BCUT2D eigenvalue weighted by atomic mass is 16.4. The highest BCUT2D eigenvalue weighted by molar-refractivity contribution is 5.70. The van der Waals surface area contributed by atoms with E-state index in [2.05, 4.69) is 27.7 Å². The zero-order chi connectivity index (χ0) is 18.0. The van der Waals surface area contributed by atoms with Gasteiger partial charge in [0.15, 0.2) is 0 Å². The molecule has 23 heavy (non-hydrogen) atoms. The van der Waals surface area contributed by atoms with Gasteiger partial charge in [0, 0.05) is 6.42 Å². The lowest BCUT2D eigenvalue weighted by Crippen LogP contribution is -2.25. The molecule has 4 nitrogen and oxygen atoms in total. The van der Waals surface area contributed by atoms with Crippen molar-refractivity contribution in [1.29, 1.82) is 0 Å². The summed E-state index contributed by atoms with van der Waals surface area (Å²) in [6, 6.07) is 0. The molecular formula is C19H36O4. The van der Waals surface area contributed by atoms with Crippen LogP contribution >= 0.6 is 0 Å². The van der Waals surface area contributed by atoms with E-state index < -0.39 is 11.9 Å². The minimum Gasteiger partial charge on any atom is -0.481 e. The summed E-state index contributed by atoms with van der Waals surface area (Å²) in [5.41, 5.74) is 0.125. The summed E-state index contributed by atoms with van der Waals surface area (Å²) in [7, 11) is 0. The average Bonchev–Trinajstić information content (AvgIpc) is 2.37. The van der Waals surface area contributed by atoms with Gasteiger partial charge in [-0.15, -0.1) is 0 Å². The molecule has 0 aliphatic rings. The Labute approximate surface area is 141 Å². The van der Waals surface area contributed by atoms with Crippen molar-refractivity contribution >= 4 is 11.9 Å². The molecule has 3 unspecified atom stereocenters. The summed E-state index contributed by atoms with van der Waals surface area (Å²) in [6.45, 7) is 10.5. The Hall–Kier alpha value is -1.06. The van der Waals surface area contributed by atoms with Crippen molar-refractivity contribution in [3.05, 3.63) is 0 Å². The molecule has 3 atom stereocenters. The van der Waals surface area contributed by atoms with Crippen LogP contribution in [0.25, 0.3) is 0 Å². The quantitative estimate of drug-likeness (QED) is 0.515. The van der Waals surface area contributed by atoms with Crippen LogP contribution in [0.5, 0.6) is 0 Å². The van der Waals surface area contributed by atoms with Crippen molar-refractivity contribution in [1.82, 2.24) is 0 Å². The maximum absolute atomic E-state index is 11.6. The second-order valence-electron chi connectivity index (χ2n) is 8.22. The van der Waals surface area contributed by atoms with E-state index in [1.54, 1.807) is 0 Å². The third kappa shape index (κ3) is 11.2. The fourth-order valence-corrected chi connectivity index (χ4v) is 3.47. The largest absolute Gasteiger partial charge is 0.481 e. The number of carboxylic acid groups (broad SMARTS) is 2. The zero-order valence-corrected chi connectivity index (χ0v) is 15.6. The first kappa shape index (κ1) is 21.9. The second-order valence-corrected chi connectivity index (χ2v) is 8.22. The molecule has 0 aromatic heterocycles. The summed E-state index contributed by atoms with van der Waals surface area (Å²) in [5.74, 6) is -1.47. The summed E-state index contributed by atoms with van der Waals surface area (Å²) >= 11 is 0. The maximum atomic E-state index is 11.6. The molecular weight excluding hydrogens is 292 g/mol. The molecule has 0 bridgehead atoms. The summed E-state index contributed by atoms with van der Waals surface area (Å²) in [4.78, 5) is 22.5. The van der Waals surface area contributed by atoms with Crippen LogP contribution in [0, 0.1) is 23.2 Å². The molecule has 0 aliphatic carbocycles. The van der Waals surface area contributed by atoms with E-state index >= 15 is 0 Å². The third-order valence-electron chi connectivity index (χ3n) is 4.50. The van der Waals surface area contributed by atoms with Gasteiger partial charge in [0.05, 0.1) is 5.92 Å². The fourth-order valence-electron chi connectivity index (χ4n) is 3.47. The van der Waals surface area contributed by atoms with Crippen LogP contribution in [0.1, 0.15) is 86.0 Å². The number of carboxylic acids is 2. The normalized spacial score (nSPS) is 15.9. The van der Waals surface area contributed by atoms with E-state index in [-0.39, 0.29) is 29.6 Å². The smallest absolute Gasteiger partial charge is 0.306 e. The van der Waals surface area contributed by atoms with Crippen LogP contribution in [0.3, 0.4) is 0 Å². The monoisotopic (exact) mass is 328 g/mol. The van der Waals surface area contributed by atoms with Gasteiger partial charge in [-0.2, -0.15) is 0 Å². The van der Waals surface area contributed by atoms with E-state index in [0.29, 0.717) is 6.42 Å². The van der Waals surface area contributed by atoms with E-state index in [1.165, 1.54) is 0 Å².